The van der Waals surface area contributed by atoms with E-state index in [9.17, 15) is 0 Å². The average molecular weight is 240 g/mol. The van der Waals surface area contributed by atoms with E-state index in [2.05, 4.69) is 6.07 Å². The monoisotopic (exact) mass is 239 g/mol. The fourth-order valence-corrected chi connectivity index (χ4v) is 2.93. The van der Waals surface area contributed by atoms with E-state index in [-0.39, 0.29) is 11.5 Å². The number of hydrogen-bond donors (Lipinski definition) is 1. The summed E-state index contributed by atoms with van der Waals surface area (Å²) in [6.45, 7) is 0.589. The van der Waals surface area contributed by atoms with Gasteiger partial charge in [0.15, 0.2) is 0 Å². The molecular formula is C13H18ClNO. The molecule has 16 heavy (non-hydrogen) atoms. The van der Waals surface area contributed by atoms with Crippen LogP contribution in [0.25, 0.3) is 0 Å². The van der Waals surface area contributed by atoms with E-state index in [0.29, 0.717) is 6.61 Å². The maximum atomic E-state index is 6.27. The first-order chi connectivity index (χ1) is 7.70. The van der Waals surface area contributed by atoms with Crippen LogP contribution in [-0.2, 0) is 10.2 Å². The molecule has 0 radical (unpaired) electrons. The Kier molecular flexibility index (Phi) is 3.53. The van der Waals surface area contributed by atoms with Gasteiger partial charge in [0.05, 0.1) is 6.61 Å². The number of benzene rings is 1. The third-order valence-corrected chi connectivity index (χ3v) is 4.04. The van der Waals surface area contributed by atoms with Crippen LogP contribution in [0.5, 0.6) is 0 Å². The van der Waals surface area contributed by atoms with Crippen LogP contribution in [0.2, 0.25) is 5.02 Å². The Labute approximate surface area is 102 Å². The normalized spacial score (nSPS) is 20.2. The highest BCUT2D eigenvalue weighted by atomic mass is 35.5. The third kappa shape index (κ3) is 1.86. The molecule has 0 spiro atoms. The maximum Gasteiger partial charge on any atom is 0.0622 e. The minimum absolute atomic E-state index is 0.0335. The van der Waals surface area contributed by atoms with Crippen molar-refractivity contribution < 1.29 is 4.74 Å². The van der Waals surface area contributed by atoms with E-state index in [4.69, 9.17) is 22.1 Å². The highest BCUT2D eigenvalue weighted by molar-refractivity contribution is 6.31. The molecule has 0 aliphatic heterocycles. The molecule has 0 bridgehead atoms. The Bertz CT molecular complexity index is 363. The Morgan fingerprint density at radius 3 is 2.62 bits per heavy atom. The minimum Gasteiger partial charge on any atom is -0.383 e. The fourth-order valence-electron chi connectivity index (χ4n) is 2.60. The second-order valence-corrected chi connectivity index (χ2v) is 4.96. The van der Waals surface area contributed by atoms with Crippen LogP contribution >= 0.6 is 11.6 Å². The highest BCUT2D eigenvalue weighted by Crippen LogP contribution is 2.48. The van der Waals surface area contributed by atoms with Crippen LogP contribution in [-0.4, -0.2) is 19.8 Å². The predicted molar refractivity (Wildman–Crippen MR) is 66.8 cm³/mol. The van der Waals surface area contributed by atoms with E-state index in [1.54, 1.807) is 7.11 Å². The summed E-state index contributed by atoms with van der Waals surface area (Å²) in [6, 6.07) is 8.06. The van der Waals surface area contributed by atoms with E-state index >= 15 is 0 Å². The third-order valence-electron chi connectivity index (χ3n) is 3.71. The maximum absolute atomic E-state index is 6.27. The highest BCUT2D eigenvalue weighted by Gasteiger charge is 2.44. The topological polar surface area (TPSA) is 35.2 Å². The predicted octanol–water partition coefficient (Wildman–Crippen LogP) is 2.74. The van der Waals surface area contributed by atoms with Crippen molar-refractivity contribution in [1.82, 2.24) is 0 Å². The second kappa shape index (κ2) is 4.74. The summed E-state index contributed by atoms with van der Waals surface area (Å²) >= 11 is 6.27. The Morgan fingerprint density at radius 1 is 1.44 bits per heavy atom. The minimum atomic E-state index is 0.0335. The average Bonchev–Trinajstić information content (AvgIpc) is 2.19. The Morgan fingerprint density at radius 2 is 2.12 bits per heavy atom. The molecule has 3 heteroatoms. The molecule has 1 fully saturated rings. The quantitative estimate of drug-likeness (QED) is 0.877. The van der Waals surface area contributed by atoms with Crippen molar-refractivity contribution in [2.24, 2.45) is 5.73 Å². The first-order valence-corrected chi connectivity index (χ1v) is 6.08. The molecule has 0 saturated heterocycles. The van der Waals surface area contributed by atoms with Crippen molar-refractivity contribution in [3.05, 3.63) is 34.9 Å². The van der Waals surface area contributed by atoms with Crippen LogP contribution in [0.4, 0.5) is 0 Å². The zero-order valence-corrected chi connectivity index (χ0v) is 10.3. The van der Waals surface area contributed by atoms with E-state index < -0.39 is 0 Å². The van der Waals surface area contributed by atoms with Gasteiger partial charge in [0.1, 0.15) is 0 Å². The summed E-state index contributed by atoms with van der Waals surface area (Å²) in [4.78, 5) is 0. The number of methoxy groups -OCH3 is 1. The molecular weight excluding hydrogens is 222 g/mol. The molecule has 1 saturated carbocycles. The lowest BCUT2D eigenvalue weighted by Gasteiger charge is -2.47. The van der Waals surface area contributed by atoms with Gasteiger partial charge < -0.3 is 10.5 Å². The standard InChI is InChI=1S/C13H18ClNO/c1-16-9-12(15)13(7-4-8-13)10-5-2-3-6-11(10)14/h2-3,5-6,12H,4,7-9,15H2,1H3. The lowest BCUT2D eigenvalue weighted by atomic mass is 9.60. The van der Waals surface area contributed by atoms with Crippen LogP contribution in [0.1, 0.15) is 24.8 Å². The van der Waals surface area contributed by atoms with Gasteiger partial charge in [-0.1, -0.05) is 36.2 Å². The van der Waals surface area contributed by atoms with E-state index in [0.717, 1.165) is 17.9 Å². The van der Waals surface area contributed by atoms with Crippen LogP contribution in [0.3, 0.4) is 0 Å². The summed E-state index contributed by atoms with van der Waals surface area (Å²) in [5.41, 5.74) is 7.47. The van der Waals surface area contributed by atoms with Crippen molar-refractivity contribution in [2.75, 3.05) is 13.7 Å². The molecule has 1 aromatic carbocycles. The van der Waals surface area contributed by atoms with Gasteiger partial charge in [-0.2, -0.15) is 0 Å². The van der Waals surface area contributed by atoms with Gasteiger partial charge in [0, 0.05) is 23.6 Å². The van der Waals surface area contributed by atoms with Gasteiger partial charge in [-0.25, -0.2) is 0 Å². The molecule has 0 heterocycles. The first kappa shape index (κ1) is 11.9. The molecule has 88 valence electrons. The lowest BCUT2D eigenvalue weighted by molar-refractivity contribution is 0.104. The van der Waals surface area contributed by atoms with Gasteiger partial charge in [-0.05, 0) is 24.5 Å². The Balaban J connectivity index is 2.31. The van der Waals surface area contributed by atoms with Crippen LogP contribution < -0.4 is 5.73 Å². The van der Waals surface area contributed by atoms with Crippen LogP contribution in [0.15, 0.2) is 24.3 Å². The second-order valence-electron chi connectivity index (χ2n) is 4.55. The Hall–Kier alpha value is -0.570. The largest absolute Gasteiger partial charge is 0.383 e. The number of hydrogen-bond acceptors (Lipinski definition) is 2. The van der Waals surface area contributed by atoms with Crippen molar-refractivity contribution in [2.45, 2.75) is 30.7 Å². The molecule has 2 rings (SSSR count). The van der Waals surface area contributed by atoms with E-state index in [1.807, 2.05) is 18.2 Å². The van der Waals surface area contributed by atoms with Crippen molar-refractivity contribution in [3.8, 4) is 0 Å². The zero-order chi connectivity index (χ0) is 11.6. The van der Waals surface area contributed by atoms with Crippen LogP contribution in [0, 0.1) is 0 Å². The van der Waals surface area contributed by atoms with Crippen molar-refractivity contribution in [1.29, 1.82) is 0 Å². The first-order valence-electron chi connectivity index (χ1n) is 5.70. The molecule has 1 atom stereocenters. The van der Waals surface area contributed by atoms with E-state index in [1.165, 1.54) is 12.0 Å². The van der Waals surface area contributed by atoms with Gasteiger partial charge in [-0.15, -0.1) is 0 Å². The van der Waals surface area contributed by atoms with Crippen molar-refractivity contribution >= 4 is 11.6 Å². The summed E-state index contributed by atoms with van der Waals surface area (Å²) in [6.07, 6.45) is 3.45. The van der Waals surface area contributed by atoms with Gasteiger partial charge >= 0.3 is 0 Å². The number of rotatable bonds is 4. The number of ether oxygens (including phenoxy) is 1. The van der Waals surface area contributed by atoms with Crippen molar-refractivity contribution in [3.63, 3.8) is 0 Å². The molecule has 1 aliphatic carbocycles. The summed E-state index contributed by atoms with van der Waals surface area (Å²) < 4.78 is 5.18. The summed E-state index contributed by atoms with van der Waals surface area (Å²) in [5.74, 6) is 0. The van der Waals surface area contributed by atoms with Gasteiger partial charge in [0.25, 0.3) is 0 Å². The molecule has 1 aromatic rings. The molecule has 2 N–H and O–H groups in total. The molecule has 1 unspecified atom stereocenters. The fraction of sp³-hybridized carbons (Fsp3) is 0.538. The summed E-state index contributed by atoms with van der Waals surface area (Å²) in [7, 11) is 1.69. The number of nitrogens with two attached hydrogens (primary N) is 1. The molecule has 2 nitrogen and oxygen atoms in total. The SMILES string of the molecule is COCC(N)C1(c2ccccc2Cl)CCC1. The molecule has 1 aliphatic rings. The van der Waals surface area contributed by atoms with Gasteiger partial charge in [0.2, 0.25) is 0 Å². The smallest absolute Gasteiger partial charge is 0.0622 e. The van der Waals surface area contributed by atoms with Gasteiger partial charge in [-0.3, -0.25) is 0 Å². The summed E-state index contributed by atoms with van der Waals surface area (Å²) in [5, 5.41) is 0.828. The number of halogens is 1. The lowest BCUT2D eigenvalue weighted by Crippen LogP contribution is -2.52. The zero-order valence-electron chi connectivity index (χ0n) is 9.58. The molecule has 0 amide bonds. The molecule has 0 aromatic heterocycles.